The van der Waals surface area contributed by atoms with Gasteiger partial charge in [0.15, 0.2) is 0 Å². The minimum Gasteiger partial charge on any atom is -0.354 e. The Labute approximate surface area is 101 Å². The molecule has 2 amide bonds. The summed E-state index contributed by atoms with van der Waals surface area (Å²) < 4.78 is 0. The fourth-order valence-corrected chi connectivity index (χ4v) is 1.56. The Balaban J connectivity index is 0.000000686. The lowest BCUT2D eigenvalue weighted by Crippen LogP contribution is -2.40. The first kappa shape index (κ1) is 13.2. The Morgan fingerprint density at radius 2 is 1.94 bits per heavy atom. The quantitative estimate of drug-likeness (QED) is 0.811. The molecule has 0 saturated carbocycles. The first-order valence-electron chi connectivity index (χ1n) is 5.91. The molecule has 1 aromatic rings. The molecule has 2 N–H and O–H groups in total. The average molecular weight is 234 g/mol. The van der Waals surface area contributed by atoms with Crippen molar-refractivity contribution in [1.29, 1.82) is 0 Å². The predicted molar refractivity (Wildman–Crippen MR) is 66.7 cm³/mol. The Hall–Kier alpha value is -1.84. The Morgan fingerprint density at radius 3 is 2.47 bits per heavy atom. The van der Waals surface area contributed by atoms with Crippen molar-refractivity contribution >= 4 is 11.8 Å². The van der Waals surface area contributed by atoms with E-state index >= 15 is 0 Å². The number of nitrogens with one attached hydrogen (secondary N) is 2. The molecule has 4 heteroatoms. The van der Waals surface area contributed by atoms with Crippen molar-refractivity contribution in [2.24, 2.45) is 0 Å². The van der Waals surface area contributed by atoms with E-state index in [4.69, 9.17) is 0 Å². The van der Waals surface area contributed by atoms with Crippen LogP contribution in [-0.2, 0) is 4.79 Å². The maximum absolute atomic E-state index is 11.7. The van der Waals surface area contributed by atoms with Crippen molar-refractivity contribution in [1.82, 2.24) is 10.6 Å². The summed E-state index contributed by atoms with van der Waals surface area (Å²) in [6, 6.07) is 8.51. The molecule has 92 valence electrons. The molecule has 1 saturated heterocycles. The zero-order chi connectivity index (χ0) is 12.7. The van der Waals surface area contributed by atoms with Crippen LogP contribution >= 0.6 is 0 Å². The number of carbonyl (C=O) groups is 2. The molecule has 0 spiro atoms. The van der Waals surface area contributed by atoms with Crippen molar-refractivity contribution in [3.05, 3.63) is 35.9 Å². The van der Waals surface area contributed by atoms with Gasteiger partial charge in [-0.3, -0.25) is 9.59 Å². The first-order chi connectivity index (χ1) is 8.27. The van der Waals surface area contributed by atoms with E-state index < -0.39 is 0 Å². The van der Waals surface area contributed by atoms with E-state index in [-0.39, 0.29) is 17.9 Å². The van der Waals surface area contributed by atoms with Crippen LogP contribution in [0.2, 0.25) is 0 Å². The van der Waals surface area contributed by atoms with Crippen LogP contribution in [0.4, 0.5) is 0 Å². The first-order valence-corrected chi connectivity index (χ1v) is 5.91. The van der Waals surface area contributed by atoms with Gasteiger partial charge in [-0.2, -0.15) is 0 Å². The van der Waals surface area contributed by atoms with E-state index in [1.165, 1.54) is 0 Å². The van der Waals surface area contributed by atoms with Gasteiger partial charge >= 0.3 is 0 Å². The van der Waals surface area contributed by atoms with Crippen LogP contribution in [0.1, 0.15) is 30.6 Å². The largest absolute Gasteiger partial charge is 0.354 e. The van der Waals surface area contributed by atoms with Gasteiger partial charge in [0, 0.05) is 12.1 Å². The summed E-state index contributed by atoms with van der Waals surface area (Å²) in [6.45, 7) is 4.64. The second-order valence-electron chi connectivity index (χ2n) is 3.47. The highest BCUT2D eigenvalue weighted by atomic mass is 16.2. The zero-order valence-electron chi connectivity index (χ0n) is 10.2. The number of amides is 2. The van der Waals surface area contributed by atoms with Gasteiger partial charge in [-0.15, -0.1) is 0 Å². The summed E-state index contributed by atoms with van der Waals surface area (Å²) in [4.78, 5) is 22.9. The van der Waals surface area contributed by atoms with Gasteiger partial charge in [0.1, 0.15) is 6.04 Å². The predicted octanol–water partition coefficient (Wildman–Crippen LogP) is 1.33. The van der Waals surface area contributed by atoms with Crippen molar-refractivity contribution in [2.75, 3.05) is 6.54 Å². The van der Waals surface area contributed by atoms with Crippen molar-refractivity contribution in [3.63, 3.8) is 0 Å². The van der Waals surface area contributed by atoms with E-state index in [0.717, 1.165) is 0 Å². The molecule has 0 aromatic heterocycles. The third-order valence-electron chi connectivity index (χ3n) is 2.39. The SMILES string of the molecule is CC.O=C(N[C@H]1CCNC1=O)c1ccccc1. The molecule has 4 nitrogen and oxygen atoms in total. The van der Waals surface area contributed by atoms with E-state index in [0.29, 0.717) is 18.5 Å². The molecule has 1 aliphatic rings. The molecule has 1 heterocycles. The van der Waals surface area contributed by atoms with Crippen molar-refractivity contribution < 1.29 is 9.59 Å². The smallest absolute Gasteiger partial charge is 0.251 e. The van der Waals surface area contributed by atoms with Gasteiger partial charge in [-0.1, -0.05) is 32.0 Å². The van der Waals surface area contributed by atoms with E-state index in [9.17, 15) is 9.59 Å². The van der Waals surface area contributed by atoms with Crippen LogP contribution in [0, 0.1) is 0 Å². The molecule has 17 heavy (non-hydrogen) atoms. The summed E-state index contributed by atoms with van der Waals surface area (Å²) in [6.07, 6.45) is 0.664. The van der Waals surface area contributed by atoms with Crippen LogP contribution in [0.3, 0.4) is 0 Å². The van der Waals surface area contributed by atoms with Gasteiger partial charge in [-0.05, 0) is 18.6 Å². The molecule has 2 rings (SSSR count). The topological polar surface area (TPSA) is 58.2 Å². The van der Waals surface area contributed by atoms with E-state index in [1.54, 1.807) is 24.3 Å². The zero-order valence-corrected chi connectivity index (χ0v) is 10.2. The van der Waals surface area contributed by atoms with Crippen molar-refractivity contribution in [3.8, 4) is 0 Å². The molecule has 0 radical (unpaired) electrons. The second kappa shape index (κ2) is 6.68. The number of rotatable bonds is 2. The lowest BCUT2D eigenvalue weighted by molar-refractivity contribution is -0.120. The average Bonchev–Trinajstić information content (AvgIpc) is 2.79. The fraction of sp³-hybridized carbons (Fsp3) is 0.385. The number of hydrogen-bond donors (Lipinski definition) is 2. The number of carbonyl (C=O) groups excluding carboxylic acids is 2. The minimum atomic E-state index is -0.377. The molecule has 1 aromatic carbocycles. The molecule has 1 fully saturated rings. The Bertz CT molecular complexity index is 376. The lowest BCUT2D eigenvalue weighted by atomic mass is 10.2. The third kappa shape index (κ3) is 3.59. The molecule has 0 aliphatic carbocycles. The van der Waals surface area contributed by atoms with Crippen LogP contribution in [0.5, 0.6) is 0 Å². The molecule has 1 aliphatic heterocycles. The molecular weight excluding hydrogens is 216 g/mol. The van der Waals surface area contributed by atoms with Gasteiger partial charge in [0.05, 0.1) is 0 Å². The number of benzene rings is 1. The van der Waals surface area contributed by atoms with Gasteiger partial charge in [0.2, 0.25) is 5.91 Å². The van der Waals surface area contributed by atoms with Crippen LogP contribution in [0.25, 0.3) is 0 Å². The van der Waals surface area contributed by atoms with Gasteiger partial charge in [-0.25, -0.2) is 0 Å². The van der Waals surface area contributed by atoms with E-state index in [1.807, 2.05) is 19.9 Å². The fourth-order valence-electron chi connectivity index (χ4n) is 1.56. The highest BCUT2D eigenvalue weighted by Crippen LogP contribution is 2.03. The number of hydrogen-bond acceptors (Lipinski definition) is 2. The second-order valence-corrected chi connectivity index (χ2v) is 3.47. The van der Waals surface area contributed by atoms with Gasteiger partial charge < -0.3 is 10.6 Å². The van der Waals surface area contributed by atoms with Crippen LogP contribution in [0.15, 0.2) is 30.3 Å². The van der Waals surface area contributed by atoms with E-state index in [2.05, 4.69) is 10.6 Å². The summed E-state index contributed by atoms with van der Waals surface area (Å²) in [5.74, 6) is -0.295. The summed E-state index contributed by atoms with van der Waals surface area (Å²) in [7, 11) is 0. The molecule has 1 atom stereocenters. The Morgan fingerprint density at radius 1 is 1.29 bits per heavy atom. The summed E-state index contributed by atoms with van der Waals surface area (Å²) in [5, 5.41) is 5.37. The summed E-state index contributed by atoms with van der Waals surface area (Å²) >= 11 is 0. The lowest BCUT2D eigenvalue weighted by Gasteiger charge is -2.09. The third-order valence-corrected chi connectivity index (χ3v) is 2.39. The van der Waals surface area contributed by atoms with Crippen LogP contribution < -0.4 is 10.6 Å². The standard InChI is InChI=1S/C11H12N2O2.C2H6/c14-10(8-4-2-1-3-5-8)13-9-6-7-12-11(9)15;1-2/h1-5,9H,6-7H2,(H,12,15)(H,13,14);1-2H3/t9-;/m0./s1. The molecular formula is C13H18N2O2. The monoisotopic (exact) mass is 234 g/mol. The molecule has 0 bridgehead atoms. The molecule has 0 unspecified atom stereocenters. The highest BCUT2D eigenvalue weighted by molar-refractivity contribution is 5.97. The highest BCUT2D eigenvalue weighted by Gasteiger charge is 2.25. The Kier molecular flexibility index (Phi) is 5.20. The maximum atomic E-state index is 11.7. The minimum absolute atomic E-state index is 0.0979. The van der Waals surface area contributed by atoms with Crippen molar-refractivity contribution in [2.45, 2.75) is 26.3 Å². The normalized spacial score (nSPS) is 17.8. The summed E-state index contributed by atoms with van der Waals surface area (Å²) in [5.41, 5.74) is 0.581. The maximum Gasteiger partial charge on any atom is 0.251 e. The van der Waals surface area contributed by atoms with Gasteiger partial charge in [0.25, 0.3) is 5.91 Å². The van der Waals surface area contributed by atoms with Crippen LogP contribution in [-0.4, -0.2) is 24.4 Å².